The van der Waals surface area contributed by atoms with Crippen molar-refractivity contribution in [3.8, 4) is 24.8 Å². The van der Waals surface area contributed by atoms with Gasteiger partial charge >= 0.3 is 6.09 Å². The quantitative estimate of drug-likeness (QED) is 0.233. The minimum Gasteiger partial charge on any atom is -0.444 e. The SMILES string of the molecule is C#Cc1ccccc1C(C(=O)NCCCCC)N(C#C)C(=O)C(CCC(N)=O)NC(=O)OC(C)(C)C. The minimum absolute atomic E-state index is 0.146. The van der Waals surface area contributed by atoms with E-state index >= 15 is 0 Å². The van der Waals surface area contributed by atoms with Gasteiger partial charge in [-0.25, -0.2) is 4.79 Å². The summed E-state index contributed by atoms with van der Waals surface area (Å²) < 4.78 is 5.25. The fourth-order valence-electron chi connectivity index (χ4n) is 3.37. The number of hydrogen-bond donors (Lipinski definition) is 3. The molecule has 0 saturated carbocycles. The molecule has 0 heterocycles. The maximum Gasteiger partial charge on any atom is 0.408 e. The molecule has 0 radical (unpaired) electrons. The minimum atomic E-state index is -1.28. The van der Waals surface area contributed by atoms with Crippen molar-refractivity contribution in [2.75, 3.05) is 6.54 Å². The molecule has 9 nitrogen and oxygen atoms in total. The lowest BCUT2D eigenvalue weighted by Crippen LogP contribution is -2.51. The van der Waals surface area contributed by atoms with E-state index in [1.54, 1.807) is 45.0 Å². The van der Waals surface area contributed by atoms with Crippen molar-refractivity contribution in [1.29, 1.82) is 0 Å². The van der Waals surface area contributed by atoms with Gasteiger partial charge in [-0.3, -0.25) is 19.3 Å². The van der Waals surface area contributed by atoms with E-state index in [-0.39, 0.29) is 12.8 Å². The summed E-state index contributed by atoms with van der Waals surface area (Å²) in [4.78, 5) is 51.7. The highest BCUT2D eigenvalue weighted by atomic mass is 16.6. The molecular formula is C27H36N4O5. The highest BCUT2D eigenvalue weighted by molar-refractivity contribution is 5.94. The van der Waals surface area contributed by atoms with Crippen molar-refractivity contribution in [3.63, 3.8) is 0 Å². The summed E-state index contributed by atoms with van der Waals surface area (Å²) in [6.45, 7) is 7.41. The molecular weight excluding hydrogens is 460 g/mol. The molecule has 0 aliphatic carbocycles. The fourth-order valence-corrected chi connectivity index (χ4v) is 3.37. The molecule has 1 rings (SSSR count). The molecule has 36 heavy (non-hydrogen) atoms. The van der Waals surface area contributed by atoms with Crippen LogP contribution < -0.4 is 16.4 Å². The number of unbranched alkanes of at least 4 members (excludes halogenated alkanes) is 2. The maximum absolute atomic E-state index is 13.6. The Morgan fingerprint density at radius 2 is 1.81 bits per heavy atom. The number of hydrogen-bond acceptors (Lipinski definition) is 5. The first-order valence-corrected chi connectivity index (χ1v) is 11.9. The summed E-state index contributed by atoms with van der Waals surface area (Å²) in [5.41, 5.74) is 5.17. The number of nitrogens with one attached hydrogen (secondary N) is 2. The first-order valence-electron chi connectivity index (χ1n) is 11.9. The number of ether oxygens (including phenoxy) is 1. The lowest BCUT2D eigenvalue weighted by atomic mass is 9.97. The van der Waals surface area contributed by atoms with Crippen molar-refractivity contribution in [3.05, 3.63) is 35.4 Å². The lowest BCUT2D eigenvalue weighted by Gasteiger charge is -2.30. The first-order chi connectivity index (χ1) is 16.9. The monoisotopic (exact) mass is 496 g/mol. The van der Waals surface area contributed by atoms with Gasteiger partial charge in [0.15, 0.2) is 0 Å². The average molecular weight is 497 g/mol. The topological polar surface area (TPSA) is 131 Å². The Morgan fingerprint density at radius 3 is 2.36 bits per heavy atom. The standard InChI is InChI=1S/C27H36N4O5/c1-7-10-13-18-29-24(33)23(20-15-12-11-14-19(20)8-2)31(9-3)25(34)21(16-17-22(28)32)30-26(35)36-27(4,5)6/h2-3,11-12,14-15,21,23H,7,10,13,16-18H2,1,4-6H3,(H2,28,32)(H,29,33)(H,30,35). The van der Waals surface area contributed by atoms with Crippen LogP contribution in [-0.2, 0) is 19.1 Å². The highest BCUT2D eigenvalue weighted by Crippen LogP contribution is 2.25. The predicted molar refractivity (Wildman–Crippen MR) is 137 cm³/mol. The van der Waals surface area contributed by atoms with Crippen LogP contribution in [0.3, 0.4) is 0 Å². The summed E-state index contributed by atoms with van der Waals surface area (Å²) in [6.07, 6.45) is 12.8. The van der Waals surface area contributed by atoms with Gasteiger partial charge in [0.2, 0.25) is 11.8 Å². The molecule has 0 spiro atoms. The van der Waals surface area contributed by atoms with E-state index in [9.17, 15) is 19.2 Å². The Labute approximate surface area is 213 Å². The van der Waals surface area contributed by atoms with Gasteiger partial charge in [-0.2, -0.15) is 0 Å². The summed E-state index contributed by atoms with van der Waals surface area (Å²) >= 11 is 0. The van der Waals surface area contributed by atoms with Gasteiger partial charge in [-0.15, -0.1) is 6.42 Å². The van der Waals surface area contributed by atoms with E-state index in [0.717, 1.165) is 24.2 Å². The molecule has 2 atom stereocenters. The maximum atomic E-state index is 13.6. The van der Waals surface area contributed by atoms with E-state index in [4.69, 9.17) is 23.3 Å². The third-order valence-corrected chi connectivity index (χ3v) is 5.04. The summed E-state index contributed by atoms with van der Waals surface area (Å²) in [5.74, 6) is 0.534. The molecule has 4 amide bonds. The van der Waals surface area contributed by atoms with Gasteiger partial charge in [-0.1, -0.05) is 50.3 Å². The summed E-state index contributed by atoms with van der Waals surface area (Å²) in [5, 5.41) is 5.26. The van der Waals surface area contributed by atoms with E-state index in [0.29, 0.717) is 17.7 Å². The second kappa shape index (κ2) is 14.4. The van der Waals surface area contributed by atoms with Gasteiger partial charge in [-0.05, 0) is 39.7 Å². The number of nitrogens with zero attached hydrogens (tertiary/aromatic N) is 1. The Morgan fingerprint density at radius 1 is 1.14 bits per heavy atom. The number of amides is 4. The largest absolute Gasteiger partial charge is 0.444 e. The first kappa shape index (κ1) is 30.1. The zero-order chi connectivity index (χ0) is 27.3. The fraction of sp³-hybridized carbons (Fsp3) is 0.481. The van der Waals surface area contributed by atoms with Crippen molar-refractivity contribution < 1.29 is 23.9 Å². The molecule has 194 valence electrons. The third kappa shape index (κ3) is 9.71. The van der Waals surface area contributed by atoms with Gasteiger partial charge in [0.25, 0.3) is 5.91 Å². The second-order valence-electron chi connectivity index (χ2n) is 9.17. The Hall–Kier alpha value is -3.98. The van der Waals surface area contributed by atoms with E-state index in [2.05, 4.69) is 22.6 Å². The molecule has 1 aromatic rings. The van der Waals surface area contributed by atoms with Crippen molar-refractivity contribution >= 4 is 23.8 Å². The molecule has 4 N–H and O–H groups in total. The molecule has 0 fully saturated rings. The van der Waals surface area contributed by atoms with Crippen LogP contribution in [0.4, 0.5) is 4.79 Å². The van der Waals surface area contributed by atoms with Crippen LogP contribution >= 0.6 is 0 Å². The summed E-state index contributed by atoms with van der Waals surface area (Å²) in [7, 11) is 0. The van der Waals surface area contributed by atoms with Gasteiger partial charge in [0.05, 0.1) is 0 Å². The Kier molecular flexibility index (Phi) is 12.0. The van der Waals surface area contributed by atoms with Crippen molar-refractivity contribution in [1.82, 2.24) is 15.5 Å². The van der Waals surface area contributed by atoms with Crippen LogP contribution in [0.5, 0.6) is 0 Å². The number of terminal acetylenes is 2. The van der Waals surface area contributed by atoms with E-state index < -0.39 is 41.5 Å². The zero-order valence-electron chi connectivity index (χ0n) is 21.4. The molecule has 9 heteroatoms. The Bertz CT molecular complexity index is 1020. The molecule has 0 aliphatic heterocycles. The van der Waals surface area contributed by atoms with Crippen molar-refractivity contribution in [2.24, 2.45) is 5.73 Å². The number of benzene rings is 1. The third-order valence-electron chi connectivity index (χ3n) is 5.04. The second-order valence-corrected chi connectivity index (χ2v) is 9.17. The smallest absolute Gasteiger partial charge is 0.408 e. The van der Waals surface area contributed by atoms with Crippen LogP contribution in [-0.4, -0.2) is 46.9 Å². The molecule has 0 saturated heterocycles. The number of rotatable bonds is 12. The van der Waals surface area contributed by atoms with Crippen LogP contribution in [0.25, 0.3) is 0 Å². The molecule has 0 aliphatic rings. The van der Waals surface area contributed by atoms with Gasteiger partial charge < -0.3 is 21.1 Å². The van der Waals surface area contributed by atoms with Gasteiger partial charge in [0, 0.05) is 30.1 Å². The number of alkyl carbamates (subject to hydrolysis) is 1. The molecule has 2 unspecified atom stereocenters. The predicted octanol–water partition coefficient (Wildman–Crippen LogP) is 2.59. The number of carbonyl (C=O) groups is 4. The highest BCUT2D eigenvalue weighted by Gasteiger charge is 2.36. The molecule has 0 aromatic heterocycles. The number of primary amides is 1. The Balaban J connectivity index is 3.40. The summed E-state index contributed by atoms with van der Waals surface area (Å²) in [6, 6.07) is 6.35. The molecule has 0 bridgehead atoms. The average Bonchev–Trinajstić information content (AvgIpc) is 2.81. The normalized spacial score (nSPS) is 12.3. The lowest BCUT2D eigenvalue weighted by molar-refractivity contribution is -0.138. The van der Waals surface area contributed by atoms with Crippen LogP contribution in [0.2, 0.25) is 0 Å². The van der Waals surface area contributed by atoms with Crippen LogP contribution in [0.15, 0.2) is 24.3 Å². The van der Waals surface area contributed by atoms with E-state index in [1.165, 1.54) is 0 Å². The number of carbonyl (C=O) groups excluding carboxylic acids is 4. The van der Waals surface area contributed by atoms with Crippen LogP contribution in [0, 0.1) is 24.8 Å². The van der Waals surface area contributed by atoms with E-state index in [1.807, 2.05) is 6.92 Å². The van der Waals surface area contributed by atoms with Gasteiger partial charge in [0.1, 0.15) is 17.7 Å². The zero-order valence-corrected chi connectivity index (χ0v) is 21.4. The number of nitrogens with two attached hydrogens (primary N) is 1. The van der Waals surface area contributed by atoms with Crippen molar-refractivity contribution in [2.45, 2.75) is 77.5 Å². The van der Waals surface area contributed by atoms with Crippen LogP contribution in [0.1, 0.15) is 77.0 Å². The molecule has 1 aromatic carbocycles.